The van der Waals surface area contributed by atoms with Gasteiger partial charge >= 0.3 is 0 Å². The van der Waals surface area contributed by atoms with Gasteiger partial charge in [-0.25, -0.2) is 0 Å². The van der Waals surface area contributed by atoms with Gasteiger partial charge in [-0.05, 0) is 23.7 Å². The van der Waals surface area contributed by atoms with Crippen LogP contribution in [0.25, 0.3) is 0 Å². The number of fused-ring (bicyclic) bond motifs is 1. The fourth-order valence-corrected chi connectivity index (χ4v) is 1.09. The fourth-order valence-electron chi connectivity index (χ4n) is 0.939. The molecule has 0 atom stereocenters. The van der Waals surface area contributed by atoms with Gasteiger partial charge < -0.3 is 0 Å². The summed E-state index contributed by atoms with van der Waals surface area (Å²) in [7, 11) is 0. The number of rotatable bonds is 0. The van der Waals surface area contributed by atoms with Crippen LogP contribution < -0.4 is 5.43 Å². The summed E-state index contributed by atoms with van der Waals surface area (Å²) in [6, 6.07) is 3.95. The van der Waals surface area contributed by atoms with Crippen LogP contribution in [-0.4, -0.2) is 9.97 Å². The van der Waals surface area contributed by atoms with E-state index in [4.69, 9.17) is 11.6 Å². The van der Waals surface area contributed by atoms with Gasteiger partial charge in [0.05, 0.1) is 12.2 Å². The Kier molecular flexibility index (Phi) is 1.17. The highest BCUT2D eigenvalue weighted by Crippen LogP contribution is 2.07. The minimum atomic E-state index is 0.448. The van der Waals surface area contributed by atoms with Crippen molar-refractivity contribution in [3.63, 3.8) is 0 Å². The van der Waals surface area contributed by atoms with Crippen molar-refractivity contribution in [2.45, 2.75) is 6.54 Å². The Morgan fingerprint density at radius 2 is 2.60 bits per heavy atom. The average Bonchev–Trinajstić information content (AvgIpc) is 2.33. The first-order valence-electron chi connectivity index (χ1n) is 2.99. The molecule has 4 heteroatoms. The van der Waals surface area contributed by atoms with Gasteiger partial charge in [0, 0.05) is 6.20 Å². The summed E-state index contributed by atoms with van der Waals surface area (Å²) in [6.07, 6.45) is 1.91. The molecule has 3 nitrogen and oxygen atoms in total. The van der Waals surface area contributed by atoms with Gasteiger partial charge in [0.15, 0.2) is 0 Å². The number of nitrogens with one attached hydrogen (secondary N) is 1. The van der Waals surface area contributed by atoms with Crippen LogP contribution >= 0.6 is 11.6 Å². The largest absolute Gasteiger partial charge is 0.268 e. The van der Waals surface area contributed by atoms with E-state index in [0.717, 1.165) is 5.69 Å². The molecule has 52 valence electrons. The van der Waals surface area contributed by atoms with Gasteiger partial charge in [-0.2, -0.15) is 0 Å². The van der Waals surface area contributed by atoms with E-state index in [2.05, 4.69) is 10.4 Å². The van der Waals surface area contributed by atoms with E-state index in [1.165, 1.54) is 0 Å². The van der Waals surface area contributed by atoms with Crippen LogP contribution in [-0.2, 0) is 6.54 Å². The number of nitrogens with zero attached hydrogens (tertiary/aromatic N) is 2. The summed E-state index contributed by atoms with van der Waals surface area (Å²) in [5.74, 6) is 0. The molecular weight excluding hydrogens is 150 g/mol. The number of aromatic nitrogens is 1. The van der Waals surface area contributed by atoms with E-state index < -0.39 is 0 Å². The Morgan fingerprint density at radius 3 is 3.50 bits per heavy atom. The van der Waals surface area contributed by atoms with Crippen molar-refractivity contribution in [2.24, 2.45) is 4.99 Å². The molecule has 0 saturated carbocycles. The lowest BCUT2D eigenvalue weighted by atomic mass is 10.4. The number of halogens is 1. The van der Waals surface area contributed by atoms with Crippen molar-refractivity contribution in [3.05, 3.63) is 24.0 Å². The van der Waals surface area contributed by atoms with Crippen LogP contribution in [0.15, 0.2) is 23.3 Å². The summed E-state index contributed by atoms with van der Waals surface area (Å²) < 4.78 is 1.86. The molecule has 0 aromatic carbocycles. The standard InChI is InChI=1S/C6H6ClN3/c7-6-8-4-5-2-1-3-10(5)9-6/h1-3H,4H2,(H,8,9). The van der Waals surface area contributed by atoms with Crippen LogP contribution in [0, 0.1) is 0 Å². The molecule has 1 aliphatic heterocycles. The van der Waals surface area contributed by atoms with Crippen LogP contribution in [0.2, 0.25) is 0 Å². The van der Waals surface area contributed by atoms with Crippen LogP contribution in [0.5, 0.6) is 0 Å². The van der Waals surface area contributed by atoms with Crippen molar-refractivity contribution in [3.8, 4) is 0 Å². The predicted molar refractivity (Wildman–Crippen MR) is 40.8 cm³/mol. The lowest BCUT2D eigenvalue weighted by Gasteiger charge is -2.13. The summed E-state index contributed by atoms with van der Waals surface area (Å²) in [5, 5.41) is 0.448. The van der Waals surface area contributed by atoms with Crippen LogP contribution in [0.3, 0.4) is 0 Å². The molecule has 0 fully saturated rings. The minimum Gasteiger partial charge on any atom is -0.268 e. The van der Waals surface area contributed by atoms with E-state index >= 15 is 0 Å². The first-order chi connectivity index (χ1) is 4.86. The van der Waals surface area contributed by atoms with Gasteiger partial charge in [0.25, 0.3) is 0 Å². The van der Waals surface area contributed by atoms with E-state index in [0.29, 0.717) is 11.8 Å². The third-order valence-electron chi connectivity index (χ3n) is 1.43. The minimum absolute atomic E-state index is 0.448. The second-order valence-corrected chi connectivity index (χ2v) is 2.45. The van der Waals surface area contributed by atoms with E-state index in [-0.39, 0.29) is 0 Å². The highest BCUT2D eigenvalue weighted by molar-refractivity contribution is 6.66. The second-order valence-electron chi connectivity index (χ2n) is 2.09. The molecule has 0 spiro atoms. The molecule has 0 amide bonds. The topological polar surface area (TPSA) is 29.3 Å². The first kappa shape index (κ1) is 5.80. The number of aliphatic imine (C=N–C) groups is 1. The SMILES string of the molecule is ClC1=NCc2cccn2N1. The lowest BCUT2D eigenvalue weighted by molar-refractivity contribution is 0.834. The van der Waals surface area contributed by atoms with Crippen molar-refractivity contribution >= 4 is 16.9 Å². The third-order valence-corrected chi connectivity index (χ3v) is 1.63. The quantitative estimate of drug-likeness (QED) is 0.560. The molecule has 1 aromatic heterocycles. The Labute approximate surface area is 63.3 Å². The van der Waals surface area contributed by atoms with Crippen molar-refractivity contribution in [1.29, 1.82) is 0 Å². The summed E-state index contributed by atoms with van der Waals surface area (Å²) in [6.45, 7) is 0.666. The molecule has 1 N–H and O–H groups in total. The number of hydrogen-bond acceptors (Lipinski definition) is 2. The maximum atomic E-state index is 5.62. The molecule has 0 radical (unpaired) electrons. The van der Waals surface area contributed by atoms with Crippen molar-refractivity contribution in [2.75, 3.05) is 5.43 Å². The molecule has 0 unspecified atom stereocenters. The molecule has 2 rings (SSSR count). The zero-order chi connectivity index (χ0) is 6.97. The van der Waals surface area contributed by atoms with E-state index in [1.54, 1.807) is 0 Å². The van der Waals surface area contributed by atoms with Gasteiger partial charge in [0.1, 0.15) is 0 Å². The van der Waals surface area contributed by atoms with Crippen LogP contribution in [0.1, 0.15) is 5.69 Å². The van der Waals surface area contributed by atoms with Gasteiger partial charge in [0.2, 0.25) is 5.29 Å². The maximum Gasteiger partial charge on any atom is 0.211 e. The highest BCUT2D eigenvalue weighted by atomic mass is 35.5. The predicted octanol–water partition coefficient (Wildman–Crippen LogP) is 1.14. The summed E-state index contributed by atoms with van der Waals surface area (Å²) >= 11 is 5.62. The van der Waals surface area contributed by atoms with E-state index in [1.807, 2.05) is 23.0 Å². The Balaban J connectivity index is 2.39. The summed E-state index contributed by atoms with van der Waals surface area (Å²) in [5.41, 5.74) is 4.00. The van der Waals surface area contributed by atoms with Gasteiger partial charge in [-0.1, -0.05) is 0 Å². The van der Waals surface area contributed by atoms with Crippen molar-refractivity contribution in [1.82, 2.24) is 4.68 Å². The molecule has 10 heavy (non-hydrogen) atoms. The molecule has 1 aromatic rings. The second kappa shape index (κ2) is 2.02. The molecular formula is C6H6ClN3. The zero-order valence-corrected chi connectivity index (χ0v) is 5.97. The normalized spacial score (nSPS) is 15.5. The maximum absolute atomic E-state index is 5.62. The summed E-state index contributed by atoms with van der Waals surface area (Å²) in [4.78, 5) is 3.99. The molecule has 1 aliphatic rings. The first-order valence-corrected chi connectivity index (χ1v) is 3.37. The molecule has 0 saturated heterocycles. The molecule has 0 aliphatic carbocycles. The smallest absolute Gasteiger partial charge is 0.211 e. The van der Waals surface area contributed by atoms with Gasteiger partial charge in [-0.15, -0.1) is 0 Å². The lowest BCUT2D eigenvalue weighted by Crippen LogP contribution is -2.23. The third kappa shape index (κ3) is 0.789. The molecule has 0 bridgehead atoms. The number of hydrogen-bond donors (Lipinski definition) is 1. The van der Waals surface area contributed by atoms with Crippen molar-refractivity contribution < 1.29 is 0 Å². The monoisotopic (exact) mass is 155 g/mol. The zero-order valence-electron chi connectivity index (χ0n) is 5.21. The highest BCUT2D eigenvalue weighted by Gasteiger charge is 2.05. The fraction of sp³-hybridized carbons (Fsp3) is 0.167. The molecule has 2 heterocycles. The Morgan fingerprint density at radius 1 is 1.70 bits per heavy atom. The Hall–Kier alpha value is -0.960. The van der Waals surface area contributed by atoms with E-state index in [9.17, 15) is 0 Å². The number of amidine groups is 1. The van der Waals surface area contributed by atoms with Gasteiger partial charge in [-0.3, -0.25) is 15.1 Å². The average molecular weight is 156 g/mol. The Bertz CT molecular complexity index is 276. The van der Waals surface area contributed by atoms with Crippen LogP contribution in [0.4, 0.5) is 0 Å².